The zero-order valence-corrected chi connectivity index (χ0v) is 13.2. The first-order valence-corrected chi connectivity index (χ1v) is 7.14. The van der Waals surface area contributed by atoms with E-state index in [0.717, 1.165) is 17.8 Å². The van der Waals surface area contributed by atoms with Gasteiger partial charge in [-0.15, -0.1) is 0 Å². The second-order valence-electron chi connectivity index (χ2n) is 6.18. The van der Waals surface area contributed by atoms with Crippen LogP contribution in [0.5, 0.6) is 0 Å². The summed E-state index contributed by atoms with van der Waals surface area (Å²) in [6, 6.07) is 7.61. The molecular weight excluding hydrogens is 250 g/mol. The molecule has 1 aromatic carbocycles. The van der Waals surface area contributed by atoms with Gasteiger partial charge in [-0.05, 0) is 45.9 Å². The van der Waals surface area contributed by atoms with Gasteiger partial charge in [-0.2, -0.15) is 0 Å². The van der Waals surface area contributed by atoms with Crippen molar-refractivity contribution in [2.24, 2.45) is 0 Å². The molecule has 4 heteroatoms. The summed E-state index contributed by atoms with van der Waals surface area (Å²) in [4.78, 5) is 14.4. The van der Waals surface area contributed by atoms with Gasteiger partial charge in [-0.1, -0.05) is 25.1 Å². The fraction of sp³-hybridized carbons (Fsp3) is 0.562. The van der Waals surface area contributed by atoms with Crippen LogP contribution in [0.4, 0.5) is 5.69 Å². The highest BCUT2D eigenvalue weighted by Gasteiger charge is 2.24. The van der Waals surface area contributed by atoms with Gasteiger partial charge >= 0.3 is 0 Å². The molecule has 0 aliphatic carbocycles. The van der Waals surface area contributed by atoms with Crippen molar-refractivity contribution in [2.75, 3.05) is 12.3 Å². The molecule has 0 spiro atoms. The van der Waals surface area contributed by atoms with Gasteiger partial charge in [-0.25, -0.2) is 0 Å². The molecule has 20 heavy (non-hydrogen) atoms. The highest BCUT2D eigenvalue weighted by Crippen LogP contribution is 2.15. The first-order chi connectivity index (χ1) is 9.24. The minimum absolute atomic E-state index is 0.0499. The molecule has 3 N–H and O–H groups in total. The number of nitrogen functional groups attached to an aromatic ring is 1. The van der Waals surface area contributed by atoms with Crippen molar-refractivity contribution >= 4 is 11.6 Å². The van der Waals surface area contributed by atoms with Crippen LogP contribution < -0.4 is 11.1 Å². The Morgan fingerprint density at radius 1 is 1.35 bits per heavy atom. The quantitative estimate of drug-likeness (QED) is 0.813. The summed E-state index contributed by atoms with van der Waals surface area (Å²) in [5, 5.41) is 3.02. The van der Waals surface area contributed by atoms with Crippen LogP contribution in [0.25, 0.3) is 0 Å². The lowest BCUT2D eigenvalue weighted by Crippen LogP contribution is -2.50. The molecule has 1 amide bonds. The second-order valence-corrected chi connectivity index (χ2v) is 6.18. The van der Waals surface area contributed by atoms with Crippen LogP contribution in [0.15, 0.2) is 24.3 Å². The largest absolute Gasteiger partial charge is 0.398 e. The van der Waals surface area contributed by atoms with Crippen LogP contribution in [-0.4, -0.2) is 28.9 Å². The van der Waals surface area contributed by atoms with Crippen LogP contribution in [0.1, 0.15) is 40.2 Å². The molecule has 1 atom stereocenters. The highest BCUT2D eigenvalue weighted by molar-refractivity contribution is 5.82. The molecule has 0 heterocycles. The monoisotopic (exact) mass is 277 g/mol. The molecule has 0 saturated carbocycles. The molecule has 0 aromatic heterocycles. The fourth-order valence-corrected chi connectivity index (χ4v) is 2.06. The first kappa shape index (κ1) is 16.5. The molecule has 0 aliphatic heterocycles. The van der Waals surface area contributed by atoms with E-state index in [4.69, 9.17) is 5.73 Å². The number of amides is 1. The molecule has 0 fully saturated rings. The first-order valence-electron chi connectivity index (χ1n) is 7.14. The summed E-state index contributed by atoms with van der Waals surface area (Å²) >= 11 is 0. The maximum Gasteiger partial charge on any atom is 0.237 e. The molecule has 0 aliphatic rings. The summed E-state index contributed by atoms with van der Waals surface area (Å²) in [6.45, 7) is 11.4. The van der Waals surface area contributed by atoms with E-state index in [1.165, 1.54) is 0 Å². The molecule has 112 valence electrons. The maximum absolute atomic E-state index is 12.3. The van der Waals surface area contributed by atoms with Gasteiger partial charge in [0.1, 0.15) is 0 Å². The number of likely N-dealkylation sites (N-methyl/N-ethyl adjacent to an activating group) is 1. The van der Waals surface area contributed by atoms with Crippen molar-refractivity contribution in [3.63, 3.8) is 0 Å². The summed E-state index contributed by atoms with van der Waals surface area (Å²) in [5.41, 5.74) is 7.60. The highest BCUT2D eigenvalue weighted by atomic mass is 16.2. The smallest absolute Gasteiger partial charge is 0.237 e. The standard InChI is InChI=1S/C16H27N3O/c1-6-19(11-13-9-7-8-10-14(13)17)12(2)15(20)18-16(3,4)5/h7-10,12H,6,11,17H2,1-5H3,(H,18,20). The minimum atomic E-state index is -0.212. The predicted molar refractivity (Wildman–Crippen MR) is 84.3 cm³/mol. The number of carbonyl (C=O) groups excluding carboxylic acids is 1. The number of para-hydroxylation sites is 1. The Hall–Kier alpha value is -1.55. The van der Waals surface area contributed by atoms with E-state index < -0.39 is 0 Å². The zero-order chi connectivity index (χ0) is 15.3. The Bertz CT molecular complexity index is 451. The van der Waals surface area contributed by atoms with Crippen molar-refractivity contribution in [1.29, 1.82) is 0 Å². The number of nitrogens with one attached hydrogen (secondary N) is 1. The van der Waals surface area contributed by atoms with Gasteiger partial charge in [0.15, 0.2) is 0 Å². The summed E-state index contributed by atoms with van der Waals surface area (Å²) in [6.07, 6.45) is 0. The lowest BCUT2D eigenvalue weighted by molar-refractivity contribution is -0.127. The van der Waals surface area contributed by atoms with Gasteiger partial charge < -0.3 is 11.1 Å². The number of hydrogen-bond acceptors (Lipinski definition) is 3. The Morgan fingerprint density at radius 2 is 1.95 bits per heavy atom. The predicted octanol–water partition coefficient (Wildman–Crippen LogP) is 2.39. The maximum atomic E-state index is 12.3. The Morgan fingerprint density at radius 3 is 2.45 bits per heavy atom. The van der Waals surface area contributed by atoms with E-state index in [9.17, 15) is 4.79 Å². The molecule has 0 radical (unpaired) electrons. The summed E-state index contributed by atoms with van der Waals surface area (Å²) < 4.78 is 0. The lowest BCUT2D eigenvalue weighted by atomic mass is 10.1. The van der Waals surface area contributed by atoms with Crippen LogP contribution in [-0.2, 0) is 11.3 Å². The SMILES string of the molecule is CCN(Cc1ccccc1N)C(C)C(=O)NC(C)(C)C. The summed E-state index contributed by atoms with van der Waals surface area (Å²) in [7, 11) is 0. The molecule has 0 saturated heterocycles. The van der Waals surface area contributed by atoms with E-state index in [0.29, 0.717) is 6.54 Å². The van der Waals surface area contributed by atoms with Crippen molar-refractivity contribution < 1.29 is 4.79 Å². The number of carbonyl (C=O) groups is 1. The molecule has 4 nitrogen and oxygen atoms in total. The topological polar surface area (TPSA) is 58.4 Å². The van der Waals surface area contributed by atoms with Crippen molar-refractivity contribution in [2.45, 2.75) is 52.7 Å². The van der Waals surface area contributed by atoms with Gasteiger partial charge in [-0.3, -0.25) is 9.69 Å². The van der Waals surface area contributed by atoms with E-state index in [-0.39, 0.29) is 17.5 Å². The Kier molecular flexibility index (Phi) is 5.57. The average molecular weight is 277 g/mol. The molecular formula is C16H27N3O. The molecule has 1 rings (SSSR count). The van der Waals surface area contributed by atoms with Crippen LogP contribution in [0, 0.1) is 0 Å². The van der Waals surface area contributed by atoms with E-state index in [1.54, 1.807) is 0 Å². The number of benzene rings is 1. The molecule has 1 aromatic rings. The zero-order valence-electron chi connectivity index (χ0n) is 13.2. The third kappa shape index (κ3) is 4.85. The van der Waals surface area contributed by atoms with E-state index in [1.807, 2.05) is 52.0 Å². The van der Waals surface area contributed by atoms with Crippen molar-refractivity contribution in [3.05, 3.63) is 29.8 Å². The second kappa shape index (κ2) is 6.75. The Balaban J connectivity index is 2.76. The van der Waals surface area contributed by atoms with Crippen LogP contribution in [0.3, 0.4) is 0 Å². The normalized spacial score (nSPS) is 13.3. The van der Waals surface area contributed by atoms with Crippen molar-refractivity contribution in [3.8, 4) is 0 Å². The lowest BCUT2D eigenvalue weighted by Gasteiger charge is -2.30. The third-order valence-corrected chi connectivity index (χ3v) is 3.26. The number of nitrogens with zero attached hydrogens (tertiary/aromatic N) is 1. The van der Waals surface area contributed by atoms with Crippen LogP contribution >= 0.6 is 0 Å². The van der Waals surface area contributed by atoms with E-state index in [2.05, 4.69) is 17.1 Å². The number of anilines is 1. The third-order valence-electron chi connectivity index (χ3n) is 3.26. The minimum Gasteiger partial charge on any atom is -0.398 e. The number of rotatable bonds is 5. The van der Waals surface area contributed by atoms with Crippen LogP contribution in [0.2, 0.25) is 0 Å². The van der Waals surface area contributed by atoms with E-state index >= 15 is 0 Å². The van der Waals surface area contributed by atoms with Gasteiger partial charge in [0, 0.05) is 17.8 Å². The average Bonchev–Trinajstić information content (AvgIpc) is 2.35. The van der Waals surface area contributed by atoms with Gasteiger partial charge in [0.25, 0.3) is 0 Å². The number of nitrogens with two attached hydrogens (primary N) is 1. The Labute approximate surface area is 122 Å². The molecule has 0 bridgehead atoms. The van der Waals surface area contributed by atoms with Gasteiger partial charge in [0.05, 0.1) is 6.04 Å². The van der Waals surface area contributed by atoms with Gasteiger partial charge in [0.2, 0.25) is 5.91 Å². The summed E-state index contributed by atoms with van der Waals surface area (Å²) in [5.74, 6) is 0.0499. The number of hydrogen-bond donors (Lipinski definition) is 2. The van der Waals surface area contributed by atoms with Crippen molar-refractivity contribution in [1.82, 2.24) is 10.2 Å². The fourth-order valence-electron chi connectivity index (χ4n) is 2.06. The molecule has 1 unspecified atom stereocenters.